The van der Waals surface area contributed by atoms with E-state index < -0.39 is 5.82 Å². The van der Waals surface area contributed by atoms with Gasteiger partial charge in [0, 0.05) is 13.1 Å². The minimum absolute atomic E-state index is 0.124. The van der Waals surface area contributed by atoms with Gasteiger partial charge in [-0.1, -0.05) is 36.4 Å². The first-order valence-corrected chi connectivity index (χ1v) is 11.0. The standard InChI is InChI=1S/C24H25ClF2N6/c1-2-20-22(32-24(28)30-13-15-5-3-6-17(26)11-15)33(14-16-9-10-29-12-16)23(31-20)21-18(25)7-4-8-19(21)27/h2-8,11,16,29H,1,9-10,12-14H2,(H3,28,30,32). The number of nitrogens with two attached hydrogens (primary N) is 1. The van der Waals surface area contributed by atoms with Crippen LogP contribution in [0.15, 0.2) is 54.0 Å². The van der Waals surface area contributed by atoms with E-state index in [1.165, 1.54) is 18.2 Å². The monoisotopic (exact) mass is 470 g/mol. The van der Waals surface area contributed by atoms with Gasteiger partial charge in [0.1, 0.15) is 23.2 Å². The number of rotatable bonds is 7. The topological polar surface area (TPSA) is 80.3 Å². The van der Waals surface area contributed by atoms with Crippen molar-refractivity contribution in [2.45, 2.75) is 19.5 Å². The summed E-state index contributed by atoms with van der Waals surface area (Å²) in [6.45, 7) is 6.45. The van der Waals surface area contributed by atoms with Crippen LogP contribution >= 0.6 is 11.6 Å². The van der Waals surface area contributed by atoms with E-state index in [4.69, 9.17) is 17.3 Å². The summed E-state index contributed by atoms with van der Waals surface area (Å²) in [7, 11) is 0. The quantitative estimate of drug-likeness (QED) is 0.351. The molecule has 0 saturated carbocycles. The normalized spacial score (nSPS) is 16.2. The first-order chi connectivity index (χ1) is 16.0. The molecule has 1 unspecified atom stereocenters. The fraction of sp³-hybridized carbons (Fsp3) is 0.250. The van der Waals surface area contributed by atoms with Crippen molar-refractivity contribution in [1.29, 1.82) is 0 Å². The summed E-state index contributed by atoms with van der Waals surface area (Å²) in [5.41, 5.74) is 7.55. The van der Waals surface area contributed by atoms with Crippen molar-refractivity contribution in [3.05, 3.63) is 77.0 Å². The van der Waals surface area contributed by atoms with Gasteiger partial charge in [0.2, 0.25) is 0 Å². The highest BCUT2D eigenvalue weighted by Gasteiger charge is 2.25. The number of nitrogens with one attached hydrogen (secondary N) is 2. The molecule has 0 amide bonds. The Balaban J connectivity index is 1.73. The largest absolute Gasteiger partial charge is 0.370 e. The molecule has 1 aliphatic rings. The Kier molecular flexibility index (Phi) is 7.05. The van der Waals surface area contributed by atoms with Crippen LogP contribution < -0.4 is 16.4 Å². The molecule has 0 aliphatic carbocycles. The molecule has 1 atom stereocenters. The fourth-order valence-electron chi connectivity index (χ4n) is 3.91. The van der Waals surface area contributed by atoms with Crippen LogP contribution in [-0.4, -0.2) is 28.6 Å². The van der Waals surface area contributed by atoms with Crippen LogP contribution in [0.3, 0.4) is 0 Å². The van der Waals surface area contributed by atoms with Crippen molar-refractivity contribution in [2.75, 3.05) is 13.1 Å². The van der Waals surface area contributed by atoms with Crippen LogP contribution in [0.2, 0.25) is 5.02 Å². The lowest BCUT2D eigenvalue weighted by atomic mass is 10.1. The highest BCUT2D eigenvalue weighted by Crippen LogP contribution is 2.35. The minimum Gasteiger partial charge on any atom is -0.370 e. The van der Waals surface area contributed by atoms with E-state index in [1.54, 1.807) is 30.3 Å². The lowest BCUT2D eigenvalue weighted by Crippen LogP contribution is -2.31. The van der Waals surface area contributed by atoms with Crippen LogP contribution in [0.4, 0.5) is 14.6 Å². The lowest BCUT2D eigenvalue weighted by Gasteiger charge is -2.16. The third-order valence-corrected chi connectivity index (χ3v) is 5.85. The number of imidazole rings is 1. The Bertz CT molecular complexity index is 1160. The summed E-state index contributed by atoms with van der Waals surface area (Å²) in [4.78, 5) is 9.15. The van der Waals surface area contributed by atoms with Crippen molar-refractivity contribution in [1.82, 2.24) is 20.2 Å². The third-order valence-electron chi connectivity index (χ3n) is 5.54. The van der Waals surface area contributed by atoms with E-state index in [9.17, 15) is 8.78 Å². The molecule has 0 spiro atoms. The maximum Gasteiger partial charge on any atom is 0.195 e. The van der Waals surface area contributed by atoms with Crippen molar-refractivity contribution in [3.63, 3.8) is 0 Å². The molecule has 2 aromatic carbocycles. The maximum atomic E-state index is 14.8. The van der Waals surface area contributed by atoms with Gasteiger partial charge in [0.25, 0.3) is 0 Å². The summed E-state index contributed by atoms with van der Waals surface area (Å²) >= 11 is 6.36. The van der Waals surface area contributed by atoms with E-state index in [2.05, 4.69) is 27.2 Å². The minimum atomic E-state index is -0.471. The molecule has 2 heterocycles. The zero-order valence-corrected chi connectivity index (χ0v) is 18.7. The van der Waals surface area contributed by atoms with Crippen LogP contribution in [0.5, 0.6) is 0 Å². The molecule has 9 heteroatoms. The Morgan fingerprint density at radius 1 is 1.33 bits per heavy atom. The van der Waals surface area contributed by atoms with Crippen LogP contribution in [0.1, 0.15) is 17.7 Å². The molecule has 1 saturated heterocycles. The Labute approximate surface area is 196 Å². The molecular weight excluding hydrogens is 446 g/mol. The molecule has 172 valence electrons. The molecule has 3 aromatic rings. The molecule has 4 N–H and O–H groups in total. The van der Waals surface area contributed by atoms with Gasteiger partial charge in [-0.15, -0.1) is 0 Å². The summed E-state index contributed by atoms with van der Waals surface area (Å²) in [5, 5.41) is 6.59. The third kappa shape index (κ3) is 5.23. The van der Waals surface area contributed by atoms with Gasteiger partial charge in [0.15, 0.2) is 11.8 Å². The Morgan fingerprint density at radius 3 is 2.85 bits per heavy atom. The average Bonchev–Trinajstić information content (AvgIpc) is 3.41. The van der Waals surface area contributed by atoms with E-state index in [0.29, 0.717) is 36.3 Å². The number of guanidine groups is 1. The highest BCUT2D eigenvalue weighted by molar-refractivity contribution is 6.33. The second kappa shape index (κ2) is 10.1. The molecule has 0 bridgehead atoms. The summed E-state index contributed by atoms with van der Waals surface area (Å²) in [6, 6.07) is 10.7. The predicted molar refractivity (Wildman–Crippen MR) is 128 cm³/mol. The molecule has 0 radical (unpaired) electrons. The van der Waals surface area contributed by atoms with Crippen molar-refractivity contribution < 1.29 is 8.78 Å². The number of hydrogen-bond donors (Lipinski definition) is 3. The maximum absolute atomic E-state index is 14.8. The van der Waals surface area contributed by atoms with E-state index >= 15 is 0 Å². The van der Waals surface area contributed by atoms with Crippen LogP contribution in [0.25, 0.3) is 17.5 Å². The van der Waals surface area contributed by atoms with Crippen molar-refractivity contribution in [3.8, 4) is 11.4 Å². The lowest BCUT2D eigenvalue weighted by molar-refractivity contribution is 0.485. The van der Waals surface area contributed by atoms with Gasteiger partial charge in [-0.2, -0.15) is 4.99 Å². The SMILES string of the molecule is C=Cc1nc(-c2c(F)cccc2Cl)n(CC2CCNC2)c1/N=C(\N)NCc1cccc(F)c1. The number of benzene rings is 2. The Hall–Kier alpha value is -3.23. The van der Waals surface area contributed by atoms with Gasteiger partial charge in [0.05, 0.1) is 10.6 Å². The van der Waals surface area contributed by atoms with E-state index in [0.717, 1.165) is 25.1 Å². The van der Waals surface area contributed by atoms with Crippen molar-refractivity contribution in [2.24, 2.45) is 16.6 Å². The Morgan fingerprint density at radius 2 is 2.15 bits per heavy atom. The number of nitrogens with zero attached hydrogens (tertiary/aromatic N) is 3. The summed E-state index contributed by atoms with van der Waals surface area (Å²) in [5.74, 6) is 0.470. The van der Waals surface area contributed by atoms with Gasteiger partial charge in [-0.25, -0.2) is 13.8 Å². The molecule has 4 rings (SSSR count). The molecule has 6 nitrogen and oxygen atoms in total. The summed E-state index contributed by atoms with van der Waals surface area (Å²) in [6.07, 6.45) is 2.53. The highest BCUT2D eigenvalue weighted by atomic mass is 35.5. The van der Waals surface area contributed by atoms with Gasteiger partial charge >= 0.3 is 0 Å². The second-order valence-corrected chi connectivity index (χ2v) is 8.30. The average molecular weight is 471 g/mol. The van der Waals surface area contributed by atoms with E-state index in [-0.39, 0.29) is 22.4 Å². The first kappa shape index (κ1) is 22.9. The molecule has 1 aromatic heterocycles. The summed E-state index contributed by atoms with van der Waals surface area (Å²) < 4.78 is 30.1. The van der Waals surface area contributed by atoms with E-state index in [1.807, 2.05) is 4.57 Å². The smallest absolute Gasteiger partial charge is 0.195 e. The number of aromatic nitrogens is 2. The van der Waals surface area contributed by atoms with Crippen LogP contribution in [0, 0.1) is 17.6 Å². The zero-order chi connectivity index (χ0) is 23.4. The van der Waals surface area contributed by atoms with Gasteiger partial charge in [-0.05, 0) is 61.3 Å². The first-order valence-electron chi connectivity index (χ1n) is 10.7. The zero-order valence-electron chi connectivity index (χ0n) is 18.0. The van der Waals surface area contributed by atoms with Gasteiger partial charge < -0.3 is 20.9 Å². The number of hydrogen-bond acceptors (Lipinski definition) is 3. The molecule has 1 fully saturated rings. The fourth-order valence-corrected chi connectivity index (χ4v) is 4.16. The van der Waals surface area contributed by atoms with Crippen LogP contribution in [-0.2, 0) is 13.1 Å². The number of halogens is 3. The number of aliphatic imine (C=N–C) groups is 1. The van der Waals surface area contributed by atoms with Crippen molar-refractivity contribution >= 4 is 29.5 Å². The predicted octanol–water partition coefficient (Wildman–Crippen LogP) is 4.47. The molecular formula is C24H25ClF2N6. The van der Waals surface area contributed by atoms with Gasteiger partial charge in [-0.3, -0.25) is 0 Å². The molecule has 33 heavy (non-hydrogen) atoms. The molecule has 1 aliphatic heterocycles. The second-order valence-electron chi connectivity index (χ2n) is 7.89.